The summed E-state index contributed by atoms with van der Waals surface area (Å²) in [4.78, 5) is 29.9. The highest BCUT2D eigenvalue weighted by atomic mass is 35.5. The normalized spacial score (nSPS) is 15.8. The average Bonchev–Trinajstić information content (AvgIpc) is 2.70. The number of rotatable bonds is 5. The number of aliphatic carboxylic acids is 1. The smallest absolute Gasteiger partial charge is 0.325 e. The Hall–Kier alpha value is -2.31. The molecule has 154 valence electrons. The summed E-state index contributed by atoms with van der Waals surface area (Å²) in [6.07, 6.45) is 3.03. The predicted octanol–water partition coefficient (Wildman–Crippen LogP) is 4.17. The first-order valence-corrected chi connectivity index (χ1v) is 10.2. The van der Waals surface area contributed by atoms with Crippen molar-refractivity contribution >= 4 is 40.9 Å². The highest BCUT2D eigenvalue weighted by Gasteiger charge is 2.28. The zero-order valence-electron chi connectivity index (χ0n) is 16.3. The lowest BCUT2D eigenvalue weighted by Gasteiger charge is -2.33. The second-order valence-corrected chi connectivity index (χ2v) is 8.02. The van der Waals surface area contributed by atoms with Gasteiger partial charge in [-0.2, -0.15) is 0 Å². The zero-order chi connectivity index (χ0) is 21.1. The molecule has 0 spiro atoms. The Bertz CT molecular complexity index is 927. The van der Waals surface area contributed by atoms with Crippen LogP contribution in [-0.2, 0) is 9.59 Å². The van der Waals surface area contributed by atoms with E-state index < -0.39 is 12.0 Å². The summed E-state index contributed by atoms with van der Waals surface area (Å²) < 4.78 is 0. The van der Waals surface area contributed by atoms with Crippen molar-refractivity contribution < 1.29 is 14.7 Å². The third kappa shape index (κ3) is 4.65. The number of carboxylic acids is 1. The summed E-state index contributed by atoms with van der Waals surface area (Å²) in [6.45, 7) is 4.80. The number of amides is 1. The Morgan fingerprint density at radius 1 is 1.21 bits per heavy atom. The number of nitrogens with one attached hydrogen (secondary N) is 1. The van der Waals surface area contributed by atoms with Crippen molar-refractivity contribution in [3.8, 4) is 11.1 Å². The van der Waals surface area contributed by atoms with Crippen molar-refractivity contribution in [3.05, 3.63) is 46.1 Å². The van der Waals surface area contributed by atoms with Gasteiger partial charge in [0.05, 0.1) is 10.0 Å². The molecule has 1 amide bonds. The number of benzene rings is 1. The van der Waals surface area contributed by atoms with Crippen LogP contribution in [-0.4, -0.2) is 41.1 Å². The van der Waals surface area contributed by atoms with Crippen LogP contribution in [0.2, 0.25) is 10.0 Å². The lowest BCUT2D eigenvalue weighted by Crippen LogP contribution is -2.45. The number of anilines is 1. The van der Waals surface area contributed by atoms with Crippen molar-refractivity contribution in [1.29, 1.82) is 0 Å². The molecule has 29 heavy (non-hydrogen) atoms. The summed E-state index contributed by atoms with van der Waals surface area (Å²) in [7, 11) is 0. The van der Waals surface area contributed by atoms with Gasteiger partial charge in [0.2, 0.25) is 5.91 Å². The molecule has 1 aromatic heterocycles. The third-order valence-electron chi connectivity index (χ3n) is 5.31. The van der Waals surface area contributed by atoms with Crippen molar-refractivity contribution in [2.45, 2.75) is 32.7 Å². The number of carbonyl (C=O) groups is 2. The van der Waals surface area contributed by atoms with Crippen LogP contribution < -0.4 is 10.2 Å². The first-order valence-electron chi connectivity index (χ1n) is 9.47. The molecule has 1 aliphatic rings. The Labute approximate surface area is 179 Å². The molecule has 0 aliphatic carbocycles. The van der Waals surface area contributed by atoms with E-state index in [1.807, 2.05) is 25.1 Å². The molecule has 1 atom stereocenters. The van der Waals surface area contributed by atoms with Crippen LogP contribution in [0.1, 0.15) is 25.3 Å². The molecule has 0 radical (unpaired) electrons. The number of piperidine rings is 1. The number of pyridine rings is 1. The number of aromatic nitrogens is 1. The molecule has 6 nitrogen and oxygen atoms in total. The molecule has 1 saturated heterocycles. The maximum atomic E-state index is 12.3. The summed E-state index contributed by atoms with van der Waals surface area (Å²) >= 11 is 12.6. The Balaban J connectivity index is 1.74. The van der Waals surface area contributed by atoms with Gasteiger partial charge < -0.3 is 15.3 Å². The standard InChI is InChI=1S/C21H23Cl2N3O3/c1-12-15(16-4-3-5-17(22)18(16)23)6-9-24-19(12)26-10-7-14(8-11-26)20(27)25-13(2)21(28)29/h3-6,9,13-14H,7-8,10-11H2,1-2H3,(H,25,27)(H,28,29)/t13-/m0/s1. The average molecular weight is 436 g/mol. The minimum Gasteiger partial charge on any atom is -0.480 e. The number of hydrogen-bond donors (Lipinski definition) is 2. The fourth-order valence-electron chi connectivity index (χ4n) is 3.59. The van der Waals surface area contributed by atoms with E-state index in [1.54, 1.807) is 12.3 Å². The van der Waals surface area contributed by atoms with Crippen LogP contribution in [0.15, 0.2) is 30.5 Å². The minimum absolute atomic E-state index is 0.195. The molecule has 2 heterocycles. The maximum Gasteiger partial charge on any atom is 0.325 e. The summed E-state index contributed by atoms with van der Waals surface area (Å²) in [5, 5.41) is 12.5. The molecule has 0 unspecified atom stereocenters. The minimum atomic E-state index is -1.04. The summed E-state index contributed by atoms with van der Waals surface area (Å²) in [5.41, 5.74) is 2.83. The van der Waals surface area contributed by atoms with Gasteiger partial charge in [0, 0.05) is 30.8 Å². The van der Waals surface area contributed by atoms with Crippen LogP contribution in [0.5, 0.6) is 0 Å². The molecule has 8 heteroatoms. The molecule has 0 bridgehead atoms. The Morgan fingerprint density at radius 3 is 2.55 bits per heavy atom. The number of halogens is 2. The van der Waals surface area contributed by atoms with Crippen molar-refractivity contribution in [1.82, 2.24) is 10.3 Å². The van der Waals surface area contributed by atoms with Gasteiger partial charge in [-0.1, -0.05) is 35.3 Å². The van der Waals surface area contributed by atoms with E-state index in [1.165, 1.54) is 6.92 Å². The molecule has 2 aromatic rings. The van der Waals surface area contributed by atoms with E-state index in [4.69, 9.17) is 28.3 Å². The number of hydrogen-bond acceptors (Lipinski definition) is 4. The van der Waals surface area contributed by atoms with Gasteiger partial charge in [0.15, 0.2) is 0 Å². The third-order valence-corrected chi connectivity index (χ3v) is 6.13. The van der Waals surface area contributed by atoms with E-state index >= 15 is 0 Å². The lowest BCUT2D eigenvalue weighted by molar-refractivity contribution is -0.142. The number of carbonyl (C=O) groups excluding carboxylic acids is 1. The number of carboxylic acid groups (broad SMARTS) is 1. The molecule has 1 aromatic carbocycles. The summed E-state index contributed by atoms with van der Waals surface area (Å²) in [6, 6.07) is 6.59. The predicted molar refractivity (Wildman–Crippen MR) is 115 cm³/mol. The van der Waals surface area contributed by atoms with Crippen molar-refractivity contribution in [2.24, 2.45) is 5.92 Å². The van der Waals surface area contributed by atoms with Gasteiger partial charge in [-0.3, -0.25) is 9.59 Å². The van der Waals surface area contributed by atoms with E-state index in [-0.39, 0.29) is 11.8 Å². The second-order valence-electron chi connectivity index (χ2n) is 7.24. The van der Waals surface area contributed by atoms with Gasteiger partial charge in [-0.05, 0) is 49.9 Å². The highest BCUT2D eigenvalue weighted by molar-refractivity contribution is 6.43. The maximum absolute atomic E-state index is 12.3. The van der Waals surface area contributed by atoms with E-state index in [0.717, 1.165) is 22.5 Å². The molecular weight excluding hydrogens is 413 g/mol. The van der Waals surface area contributed by atoms with Crippen molar-refractivity contribution in [3.63, 3.8) is 0 Å². The Morgan fingerprint density at radius 2 is 1.90 bits per heavy atom. The second kappa shape index (κ2) is 9.01. The fraction of sp³-hybridized carbons (Fsp3) is 0.381. The molecule has 3 rings (SSSR count). The van der Waals surface area contributed by atoms with Crippen LogP contribution >= 0.6 is 23.2 Å². The van der Waals surface area contributed by atoms with Gasteiger partial charge in [0.1, 0.15) is 11.9 Å². The van der Waals surface area contributed by atoms with Crippen LogP contribution in [0.4, 0.5) is 5.82 Å². The van der Waals surface area contributed by atoms with Crippen LogP contribution in [0.3, 0.4) is 0 Å². The van der Waals surface area contributed by atoms with Gasteiger partial charge in [0.25, 0.3) is 0 Å². The van der Waals surface area contributed by atoms with Gasteiger partial charge in [-0.15, -0.1) is 0 Å². The Kier molecular flexibility index (Phi) is 6.65. The number of nitrogens with zero attached hydrogens (tertiary/aromatic N) is 2. The van der Waals surface area contributed by atoms with E-state index in [9.17, 15) is 9.59 Å². The van der Waals surface area contributed by atoms with E-state index in [0.29, 0.717) is 36.0 Å². The SMILES string of the molecule is Cc1c(-c2cccc(Cl)c2Cl)ccnc1N1CCC(C(=O)N[C@@H](C)C(=O)O)CC1. The molecule has 2 N–H and O–H groups in total. The van der Waals surface area contributed by atoms with E-state index in [2.05, 4.69) is 15.2 Å². The molecule has 1 aliphatic heterocycles. The largest absolute Gasteiger partial charge is 0.480 e. The molecule has 1 fully saturated rings. The highest BCUT2D eigenvalue weighted by Crippen LogP contribution is 2.37. The lowest BCUT2D eigenvalue weighted by atomic mass is 9.94. The first kappa shape index (κ1) is 21.4. The first-order chi connectivity index (χ1) is 13.8. The molecular formula is C21H23Cl2N3O3. The summed E-state index contributed by atoms with van der Waals surface area (Å²) in [5.74, 6) is -0.578. The molecule has 0 saturated carbocycles. The monoisotopic (exact) mass is 435 g/mol. The zero-order valence-corrected chi connectivity index (χ0v) is 17.8. The quantitative estimate of drug-likeness (QED) is 0.735. The van der Waals surface area contributed by atoms with Crippen molar-refractivity contribution in [2.75, 3.05) is 18.0 Å². The van der Waals surface area contributed by atoms with Gasteiger partial charge in [-0.25, -0.2) is 4.98 Å². The van der Waals surface area contributed by atoms with Crippen LogP contribution in [0, 0.1) is 12.8 Å². The topological polar surface area (TPSA) is 82.5 Å². The van der Waals surface area contributed by atoms with Gasteiger partial charge >= 0.3 is 5.97 Å². The van der Waals surface area contributed by atoms with Crippen LogP contribution in [0.25, 0.3) is 11.1 Å². The fourth-order valence-corrected chi connectivity index (χ4v) is 4.00.